The number of phenolic OH excluding ortho intramolecular Hbond substituents is 4. The van der Waals surface area contributed by atoms with Gasteiger partial charge in [-0.05, 0) is 29.2 Å². The quantitative estimate of drug-likeness (QED) is 0.190. The number of aromatic hydroxyl groups is 4. The van der Waals surface area contributed by atoms with E-state index in [0.717, 1.165) is 10.8 Å². The zero-order valence-electron chi connectivity index (χ0n) is 15.5. The molecule has 0 aliphatic heterocycles. The summed E-state index contributed by atoms with van der Waals surface area (Å²) >= 11 is 6.10. The summed E-state index contributed by atoms with van der Waals surface area (Å²) in [6.07, 6.45) is 0. The van der Waals surface area contributed by atoms with E-state index in [9.17, 15) is 20.4 Å². The van der Waals surface area contributed by atoms with Crippen molar-refractivity contribution < 1.29 is 24.8 Å². The monoisotopic (exact) mass is 431 g/mol. The fourth-order valence-electron chi connectivity index (χ4n) is 3.43. The predicted molar refractivity (Wildman–Crippen MR) is 115 cm³/mol. The van der Waals surface area contributed by atoms with Gasteiger partial charge in [0.1, 0.15) is 30.3 Å². The van der Waals surface area contributed by atoms with E-state index in [0.29, 0.717) is 16.7 Å². The third kappa shape index (κ3) is 2.82. The van der Waals surface area contributed by atoms with Gasteiger partial charge < -0.3 is 24.8 Å². The van der Waals surface area contributed by atoms with Crippen LogP contribution in [-0.2, 0) is 0 Å². The van der Waals surface area contributed by atoms with Crippen molar-refractivity contribution in [2.24, 2.45) is 0 Å². The summed E-state index contributed by atoms with van der Waals surface area (Å²) in [6, 6.07) is 12.9. The Balaban J connectivity index is 1.79. The summed E-state index contributed by atoms with van der Waals surface area (Å²) < 4.78 is 5.99. The average Bonchev–Trinajstić information content (AvgIpc) is 3.15. The van der Waals surface area contributed by atoms with Gasteiger partial charge >= 0.3 is 0 Å². The molecule has 0 saturated heterocycles. The lowest BCUT2D eigenvalue weighted by Crippen LogP contribution is -2.07. The molecule has 0 unspecified atom stereocenters. The highest BCUT2D eigenvalue weighted by Gasteiger charge is 2.25. The van der Waals surface area contributed by atoms with Crippen molar-refractivity contribution in [3.63, 3.8) is 0 Å². The Labute approximate surface area is 180 Å². The topological polar surface area (TPSA) is 133 Å². The van der Waals surface area contributed by atoms with Crippen LogP contribution in [0.4, 0.5) is 0 Å². The third-order valence-corrected chi connectivity index (χ3v) is 5.08. The Hall–Kier alpha value is -3.98. The molecule has 150 valence electrons. The van der Waals surface area contributed by atoms with Gasteiger partial charge in [-0.3, -0.25) is 0 Å². The van der Waals surface area contributed by atoms with Gasteiger partial charge in [-0.15, -0.1) is 0 Å². The largest absolute Gasteiger partial charge is 0.508 e. The van der Waals surface area contributed by atoms with Gasteiger partial charge in [-0.2, -0.15) is 9.97 Å². The summed E-state index contributed by atoms with van der Waals surface area (Å²) in [7, 11) is 5.60. The first-order chi connectivity index (χ1) is 14.9. The van der Waals surface area contributed by atoms with E-state index in [4.69, 9.17) is 23.9 Å². The van der Waals surface area contributed by atoms with Crippen LogP contribution in [0.25, 0.3) is 44.7 Å². The molecule has 2 aromatic heterocycles. The second-order valence-corrected chi connectivity index (χ2v) is 7.05. The van der Waals surface area contributed by atoms with Crippen molar-refractivity contribution in [1.82, 2.24) is 15.0 Å². The van der Waals surface area contributed by atoms with Gasteiger partial charge in [-0.1, -0.05) is 30.3 Å². The minimum Gasteiger partial charge on any atom is -0.508 e. The maximum atomic E-state index is 10.3. The molecule has 2 radical (unpaired) electrons. The van der Waals surface area contributed by atoms with E-state index in [1.807, 2.05) is 30.3 Å². The van der Waals surface area contributed by atoms with Crippen molar-refractivity contribution in [2.75, 3.05) is 0 Å². The van der Waals surface area contributed by atoms with Gasteiger partial charge in [-0.25, -0.2) is 4.98 Å². The molecule has 0 aliphatic rings. The fraction of sp³-hybridized carbons (Fsp3) is 0. The molecule has 0 saturated carbocycles. The Morgan fingerprint density at radius 2 is 1.45 bits per heavy atom. The normalized spacial score (nSPS) is 11.4. The summed E-state index contributed by atoms with van der Waals surface area (Å²) in [4.78, 5) is 12.4. The highest BCUT2D eigenvalue weighted by molar-refractivity contribution is 6.37. The Bertz CT molecular complexity index is 1490. The van der Waals surface area contributed by atoms with Gasteiger partial charge in [0.05, 0.1) is 5.56 Å². The van der Waals surface area contributed by atoms with Crippen molar-refractivity contribution in [2.45, 2.75) is 0 Å². The third-order valence-electron chi connectivity index (χ3n) is 4.91. The first-order valence-corrected chi connectivity index (χ1v) is 9.32. The van der Waals surface area contributed by atoms with E-state index in [1.165, 1.54) is 0 Å². The van der Waals surface area contributed by atoms with Gasteiger partial charge in [0.2, 0.25) is 11.0 Å². The smallest absolute Gasteiger partial charge is 0.226 e. The molecule has 4 N–H and O–H groups in total. The van der Waals surface area contributed by atoms with Crippen molar-refractivity contribution in [3.05, 3.63) is 47.7 Å². The van der Waals surface area contributed by atoms with Gasteiger partial charge in [0, 0.05) is 10.8 Å². The van der Waals surface area contributed by atoms with E-state index in [1.54, 1.807) is 12.1 Å². The number of furan rings is 1. The van der Waals surface area contributed by atoms with E-state index in [-0.39, 0.29) is 16.9 Å². The zero-order chi connectivity index (χ0) is 21.9. The average molecular weight is 432 g/mol. The lowest BCUT2D eigenvalue weighted by Gasteiger charge is -2.13. The number of para-hydroxylation sites is 2. The molecule has 5 rings (SSSR count). The van der Waals surface area contributed by atoms with Crippen LogP contribution in [0.2, 0.25) is 5.28 Å². The van der Waals surface area contributed by atoms with Crippen molar-refractivity contribution >= 4 is 46.8 Å². The predicted octanol–water partition coefficient (Wildman–Crippen LogP) is 3.37. The number of fused-ring (bicyclic) bond motifs is 3. The molecule has 0 spiro atoms. The second-order valence-electron chi connectivity index (χ2n) is 6.72. The molecule has 8 nitrogen and oxygen atoms in total. The first kappa shape index (κ1) is 19.0. The number of aromatic nitrogens is 3. The lowest BCUT2D eigenvalue weighted by molar-refractivity contribution is 0.365. The van der Waals surface area contributed by atoms with E-state index in [2.05, 4.69) is 15.0 Å². The molecule has 0 amide bonds. The molecule has 0 atom stereocenters. The summed E-state index contributed by atoms with van der Waals surface area (Å²) in [5.41, 5.74) is 0.724. The maximum absolute atomic E-state index is 10.3. The Morgan fingerprint density at radius 3 is 2.26 bits per heavy atom. The molecule has 0 fully saturated rings. The minimum absolute atomic E-state index is 0.101. The molecular weight excluding hydrogens is 421 g/mol. The van der Waals surface area contributed by atoms with Crippen LogP contribution in [0.1, 0.15) is 0 Å². The van der Waals surface area contributed by atoms with Crippen LogP contribution >= 0.6 is 11.6 Å². The van der Waals surface area contributed by atoms with Gasteiger partial charge in [0.15, 0.2) is 23.1 Å². The van der Waals surface area contributed by atoms with Crippen LogP contribution in [0, 0.1) is 0 Å². The standard InChI is InChI=1S/C21H11BClN3O5/c22-13-14(27)12(15(28)17(30)16(13)29)20-24-19(25-21(23)26-20)10-6-3-5-9-8-4-1-2-7-11(8)31-18(9)10/h1-7,27-30H. The van der Waals surface area contributed by atoms with Crippen molar-refractivity contribution in [3.8, 4) is 45.8 Å². The van der Waals surface area contributed by atoms with E-state index >= 15 is 0 Å². The summed E-state index contributed by atoms with van der Waals surface area (Å²) in [6.45, 7) is 0. The van der Waals surface area contributed by atoms with Crippen LogP contribution in [0.3, 0.4) is 0 Å². The van der Waals surface area contributed by atoms with Crippen LogP contribution in [-0.4, -0.2) is 43.2 Å². The number of nitrogens with zero attached hydrogens (tertiary/aromatic N) is 3. The highest BCUT2D eigenvalue weighted by atomic mass is 35.5. The number of phenols is 4. The molecule has 2 heterocycles. The number of benzene rings is 3. The molecule has 5 aromatic rings. The first-order valence-electron chi connectivity index (χ1n) is 8.94. The number of rotatable bonds is 2. The van der Waals surface area contributed by atoms with Crippen LogP contribution < -0.4 is 5.46 Å². The summed E-state index contributed by atoms with van der Waals surface area (Å²) in [5, 5.41) is 41.8. The molecule has 3 aromatic carbocycles. The lowest BCUT2D eigenvalue weighted by atomic mass is 9.90. The minimum atomic E-state index is -0.928. The number of halogens is 1. The van der Waals surface area contributed by atoms with Crippen LogP contribution in [0.5, 0.6) is 23.0 Å². The Morgan fingerprint density at radius 1 is 0.742 bits per heavy atom. The maximum Gasteiger partial charge on any atom is 0.226 e. The SMILES string of the molecule is [B]c1c(O)c(O)c(O)c(-c2nc(Cl)nc(-c3cccc4c3oc3ccccc34)n2)c1O. The van der Waals surface area contributed by atoms with Gasteiger partial charge in [0.25, 0.3) is 0 Å². The number of hydrogen-bond donors (Lipinski definition) is 4. The molecule has 0 aliphatic carbocycles. The molecule has 10 heteroatoms. The molecule has 31 heavy (non-hydrogen) atoms. The second kappa shape index (κ2) is 6.78. The zero-order valence-corrected chi connectivity index (χ0v) is 16.3. The highest BCUT2D eigenvalue weighted by Crippen LogP contribution is 2.45. The summed E-state index contributed by atoms with van der Waals surface area (Å²) in [5.74, 6) is -3.54. The fourth-order valence-corrected chi connectivity index (χ4v) is 3.59. The van der Waals surface area contributed by atoms with Crippen LogP contribution in [0.15, 0.2) is 46.9 Å². The van der Waals surface area contributed by atoms with Crippen molar-refractivity contribution in [1.29, 1.82) is 0 Å². The number of hydrogen-bond acceptors (Lipinski definition) is 8. The molecule has 0 bridgehead atoms. The van der Waals surface area contributed by atoms with E-state index < -0.39 is 34.0 Å². The Kier molecular flexibility index (Phi) is 4.16. The molecular formula is C21H11BClN3O5.